The van der Waals surface area contributed by atoms with Crippen molar-refractivity contribution in [1.82, 2.24) is 19.9 Å². The summed E-state index contributed by atoms with van der Waals surface area (Å²) in [4.78, 5) is 67.8. The first-order valence-electron chi connectivity index (χ1n) is 17.3. The third-order valence-electron chi connectivity index (χ3n) is 10.8. The number of carbonyl (C=O) groups is 4. The van der Waals surface area contributed by atoms with Gasteiger partial charge in [0, 0.05) is 51.8 Å². The van der Waals surface area contributed by atoms with Crippen molar-refractivity contribution in [2.24, 2.45) is 5.92 Å². The molecule has 0 amide bonds. The van der Waals surface area contributed by atoms with Gasteiger partial charge in [0.1, 0.15) is 6.61 Å². The summed E-state index contributed by atoms with van der Waals surface area (Å²) >= 11 is 0. The zero-order valence-corrected chi connectivity index (χ0v) is 30.6. The van der Waals surface area contributed by atoms with Gasteiger partial charge in [0.05, 0.1) is 42.9 Å². The molecule has 12 nitrogen and oxygen atoms in total. The van der Waals surface area contributed by atoms with Crippen LogP contribution in [0.1, 0.15) is 85.3 Å². The number of carbonyl (C=O) groups excluding carboxylic acids is 3. The van der Waals surface area contributed by atoms with Gasteiger partial charge in [0.25, 0.3) is 0 Å². The van der Waals surface area contributed by atoms with E-state index in [1.54, 1.807) is 25.1 Å². The fourth-order valence-corrected chi connectivity index (χ4v) is 7.79. The van der Waals surface area contributed by atoms with Gasteiger partial charge in [0.15, 0.2) is 5.78 Å². The Labute approximate surface area is 306 Å². The van der Waals surface area contributed by atoms with Crippen LogP contribution in [-0.4, -0.2) is 74.7 Å². The molecule has 12 heteroatoms. The standard InChI is InChI=1S/C41H42N4O8/c1-8-23-20(2)29-16-34-27-12-9-26(40(50)51)39(35(47)19-46)41(27,5)36(45-34)18-30-22(4)25(11-14-38(49)53-7)33(44-30)17-32-24(10-13-37(48)52-6)21(3)28(43-32)15-31(23)42-29/h8-9,12,15-18,39,43,45-46H,1,10-11,13-14,19H2,2-7H3,(H,50,51)/t39?,41-/m1/s1. The average Bonchev–Trinajstić information content (AvgIpc) is 3.79. The van der Waals surface area contributed by atoms with E-state index >= 15 is 0 Å². The van der Waals surface area contributed by atoms with Crippen molar-refractivity contribution in [2.45, 2.75) is 58.8 Å². The summed E-state index contributed by atoms with van der Waals surface area (Å²) in [6.07, 6.45) is 5.82. The lowest BCUT2D eigenvalue weighted by Crippen LogP contribution is -2.42. The number of aromatic amines is 2. The molecular formula is C41H42N4O8. The van der Waals surface area contributed by atoms with Crippen molar-refractivity contribution in [3.05, 3.63) is 99.9 Å². The molecule has 5 heterocycles. The quantitative estimate of drug-likeness (QED) is 0.213. The van der Waals surface area contributed by atoms with E-state index in [-0.39, 0.29) is 30.4 Å². The van der Waals surface area contributed by atoms with Crippen LogP contribution in [0, 0.1) is 12.8 Å². The van der Waals surface area contributed by atoms with E-state index in [9.17, 15) is 29.4 Å². The maximum Gasteiger partial charge on any atom is 0.332 e. The van der Waals surface area contributed by atoms with E-state index in [0.717, 1.165) is 44.5 Å². The molecule has 4 N–H and O–H groups in total. The molecule has 4 aliphatic rings. The van der Waals surface area contributed by atoms with E-state index < -0.39 is 29.7 Å². The van der Waals surface area contributed by atoms with Crippen LogP contribution in [0.15, 0.2) is 54.6 Å². The van der Waals surface area contributed by atoms with E-state index in [2.05, 4.69) is 16.5 Å². The zero-order valence-electron chi connectivity index (χ0n) is 30.6. The topological polar surface area (TPSA) is 185 Å². The van der Waals surface area contributed by atoms with Gasteiger partial charge < -0.3 is 29.7 Å². The molecular weight excluding hydrogens is 676 g/mol. The Bertz CT molecular complexity index is 2320. The van der Waals surface area contributed by atoms with E-state index in [1.807, 2.05) is 39.0 Å². The lowest BCUT2D eigenvalue weighted by atomic mass is 9.63. The molecule has 6 rings (SSSR count). The monoisotopic (exact) mass is 718 g/mol. The minimum Gasteiger partial charge on any atom is -0.478 e. The molecule has 3 aliphatic heterocycles. The highest BCUT2D eigenvalue weighted by Crippen LogP contribution is 2.52. The van der Waals surface area contributed by atoms with Crippen LogP contribution in [0.4, 0.5) is 0 Å². The van der Waals surface area contributed by atoms with E-state index in [0.29, 0.717) is 52.6 Å². The third-order valence-corrected chi connectivity index (χ3v) is 10.8. The normalized spacial score (nSPS) is 18.5. The summed E-state index contributed by atoms with van der Waals surface area (Å²) in [5, 5.41) is 20.3. The SMILES string of the molecule is C=CC1=C(C)c2cc3[nH]c(cc4nc(cc5[nH]c(cc1n2)c(C)c5CCC(=O)OC)C(CCC(=O)OC)=C4C)[C@@]1(C)C3=CC=C(C(=O)O)C1C(=O)CO. The Morgan fingerprint density at radius 2 is 1.51 bits per heavy atom. The number of nitrogens with zero attached hydrogens (tertiary/aromatic N) is 2. The number of hydrogen-bond acceptors (Lipinski definition) is 9. The van der Waals surface area contributed by atoms with Gasteiger partial charge in [-0.25, -0.2) is 14.8 Å². The molecule has 0 fully saturated rings. The molecule has 0 spiro atoms. The summed E-state index contributed by atoms with van der Waals surface area (Å²) in [5.41, 5.74) is 9.36. The molecule has 0 radical (unpaired) electrons. The average molecular weight is 719 g/mol. The molecule has 2 aromatic rings. The summed E-state index contributed by atoms with van der Waals surface area (Å²) in [6, 6.07) is 7.52. The number of carboxylic acids is 1. The van der Waals surface area contributed by atoms with Gasteiger partial charge in [-0.1, -0.05) is 24.8 Å². The Morgan fingerprint density at radius 3 is 2.15 bits per heavy atom. The summed E-state index contributed by atoms with van der Waals surface area (Å²) in [6.45, 7) is 10.8. The van der Waals surface area contributed by atoms with Crippen LogP contribution in [0.25, 0.3) is 38.9 Å². The number of carboxylic acid groups (broad SMARTS) is 1. The minimum atomic E-state index is -1.26. The van der Waals surface area contributed by atoms with Crippen molar-refractivity contribution in [2.75, 3.05) is 20.8 Å². The molecule has 1 aliphatic carbocycles. The van der Waals surface area contributed by atoms with Gasteiger partial charge in [0.2, 0.25) is 0 Å². The molecule has 274 valence electrons. The second-order valence-electron chi connectivity index (χ2n) is 13.6. The fraction of sp³-hybridized carbons (Fsp3) is 0.317. The molecule has 2 atom stereocenters. The minimum absolute atomic E-state index is 0.0991. The van der Waals surface area contributed by atoms with Crippen molar-refractivity contribution in [1.29, 1.82) is 0 Å². The number of esters is 2. The summed E-state index contributed by atoms with van der Waals surface area (Å²) in [7, 11) is 2.69. The van der Waals surface area contributed by atoms with Crippen LogP contribution < -0.4 is 0 Å². The fourth-order valence-electron chi connectivity index (χ4n) is 7.79. The van der Waals surface area contributed by atoms with Crippen LogP contribution >= 0.6 is 0 Å². The number of aryl methyl sites for hydroxylation is 2. The first kappa shape index (κ1) is 36.9. The lowest BCUT2D eigenvalue weighted by Gasteiger charge is -2.37. The number of ether oxygens (including phenoxy) is 2. The number of allylic oxidation sites excluding steroid dienone is 8. The summed E-state index contributed by atoms with van der Waals surface area (Å²) in [5.74, 6) is -3.86. The Kier molecular flexibility index (Phi) is 9.93. The number of aliphatic hydroxyl groups is 1. The van der Waals surface area contributed by atoms with Crippen LogP contribution in [-0.2, 0) is 40.5 Å². The highest BCUT2D eigenvalue weighted by molar-refractivity contribution is 6.04. The highest BCUT2D eigenvalue weighted by atomic mass is 16.5. The number of rotatable bonds is 10. The van der Waals surface area contributed by atoms with Crippen molar-refractivity contribution in [3.63, 3.8) is 0 Å². The van der Waals surface area contributed by atoms with E-state index in [1.165, 1.54) is 20.3 Å². The Balaban J connectivity index is 1.75. The first-order chi connectivity index (χ1) is 25.3. The number of ketones is 1. The molecule has 0 saturated heterocycles. The Hall–Kier alpha value is -5.88. The first-order valence-corrected chi connectivity index (χ1v) is 17.3. The number of aromatic nitrogens is 4. The van der Waals surface area contributed by atoms with Gasteiger partial charge in [-0.3, -0.25) is 14.4 Å². The second-order valence-corrected chi connectivity index (χ2v) is 13.6. The van der Waals surface area contributed by atoms with Gasteiger partial charge in [-0.05, 0) is 98.2 Å². The largest absolute Gasteiger partial charge is 0.478 e. The van der Waals surface area contributed by atoms with Gasteiger partial charge in [-0.15, -0.1) is 0 Å². The molecule has 8 bridgehead atoms. The van der Waals surface area contributed by atoms with Crippen LogP contribution in [0.3, 0.4) is 0 Å². The molecule has 2 aromatic heterocycles. The van der Waals surface area contributed by atoms with Gasteiger partial charge >= 0.3 is 17.9 Å². The van der Waals surface area contributed by atoms with Crippen molar-refractivity contribution >= 4 is 62.6 Å². The smallest absolute Gasteiger partial charge is 0.332 e. The van der Waals surface area contributed by atoms with Crippen LogP contribution in [0.2, 0.25) is 0 Å². The summed E-state index contributed by atoms with van der Waals surface area (Å²) < 4.78 is 9.90. The Morgan fingerprint density at radius 1 is 0.868 bits per heavy atom. The number of aliphatic hydroxyl groups excluding tert-OH is 1. The lowest BCUT2D eigenvalue weighted by molar-refractivity contribution is -0.141. The maximum absolute atomic E-state index is 13.5. The molecule has 1 unspecified atom stereocenters. The predicted molar refractivity (Wildman–Crippen MR) is 200 cm³/mol. The van der Waals surface area contributed by atoms with Crippen molar-refractivity contribution < 1.29 is 38.9 Å². The number of nitrogens with one attached hydrogen (secondary N) is 2. The molecule has 0 saturated carbocycles. The van der Waals surface area contributed by atoms with Gasteiger partial charge in [-0.2, -0.15) is 0 Å². The second kappa shape index (κ2) is 14.3. The zero-order chi connectivity index (χ0) is 38.4. The highest BCUT2D eigenvalue weighted by Gasteiger charge is 2.51. The third kappa shape index (κ3) is 6.33. The molecule has 53 heavy (non-hydrogen) atoms. The van der Waals surface area contributed by atoms with Crippen LogP contribution in [0.5, 0.6) is 0 Å². The number of H-pyrrole nitrogens is 2. The molecule has 0 aromatic carbocycles. The predicted octanol–water partition coefficient (Wildman–Crippen LogP) is 6.00. The maximum atomic E-state index is 13.5. The van der Waals surface area contributed by atoms with Crippen molar-refractivity contribution in [3.8, 4) is 0 Å². The number of Topliss-reactive ketones (excluding diaryl/α,β-unsaturated/α-hetero) is 1. The number of hydrogen-bond donors (Lipinski definition) is 4. The number of aliphatic carboxylic acids is 1. The van der Waals surface area contributed by atoms with E-state index in [4.69, 9.17) is 19.4 Å². The number of methoxy groups -OCH3 is 2. The number of fused-ring (bicyclic) bond motifs is 11.